The third-order valence-electron chi connectivity index (χ3n) is 3.42. The minimum Gasteiger partial charge on any atom is -0.478 e. The smallest absolute Gasteiger partial charge is 0.335 e. The molecule has 0 spiro atoms. The number of nitrogens with two attached hydrogens (primary N) is 1. The van der Waals surface area contributed by atoms with Crippen molar-refractivity contribution in [3.8, 4) is 0 Å². The molecule has 0 heterocycles. The summed E-state index contributed by atoms with van der Waals surface area (Å²) >= 11 is 0. The van der Waals surface area contributed by atoms with Crippen molar-refractivity contribution in [2.45, 2.75) is 31.7 Å². The fraction of sp³-hybridized carbons (Fsp3) is 0.385. The predicted molar refractivity (Wildman–Crippen MR) is 67.5 cm³/mol. The number of carboxylic acids is 1. The van der Waals surface area contributed by atoms with Gasteiger partial charge in [0.2, 0.25) is 5.91 Å². The lowest BCUT2D eigenvalue weighted by atomic mass is 9.77. The normalized spacial score (nSPS) is 16.8. The molecule has 1 aromatic rings. The van der Waals surface area contributed by atoms with Crippen LogP contribution in [0, 0.1) is 6.92 Å². The van der Waals surface area contributed by atoms with E-state index >= 15 is 0 Å². The van der Waals surface area contributed by atoms with Crippen LogP contribution in [0.1, 0.15) is 35.2 Å². The number of carboxylic acid groups (broad SMARTS) is 1. The Hall–Kier alpha value is -1.88. The van der Waals surface area contributed by atoms with Crippen LogP contribution in [0.5, 0.6) is 0 Å². The van der Waals surface area contributed by atoms with Crippen molar-refractivity contribution in [2.24, 2.45) is 5.73 Å². The van der Waals surface area contributed by atoms with Crippen molar-refractivity contribution in [1.29, 1.82) is 0 Å². The summed E-state index contributed by atoms with van der Waals surface area (Å²) in [6.07, 6.45) is 2.37. The number of benzene rings is 1. The molecule has 18 heavy (non-hydrogen) atoms. The molecule has 4 N–H and O–H groups in total. The summed E-state index contributed by atoms with van der Waals surface area (Å²) in [4.78, 5) is 22.7. The van der Waals surface area contributed by atoms with Crippen LogP contribution in [0.15, 0.2) is 18.2 Å². The predicted octanol–water partition coefficient (Wildman–Crippen LogP) is 1.51. The zero-order valence-electron chi connectivity index (χ0n) is 10.2. The minimum absolute atomic E-state index is 0.195. The van der Waals surface area contributed by atoms with E-state index in [0.29, 0.717) is 24.1 Å². The SMILES string of the molecule is Cc1cc(C(=O)O)ccc1NC(=O)C1(N)CCC1. The number of anilines is 1. The highest BCUT2D eigenvalue weighted by Gasteiger charge is 2.40. The molecule has 1 aliphatic carbocycles. The van der Waals surface area contributed by atoms with Gasteiger partial charge in [0.25, 0.3) is 0 Å². The summed E-state index contributed by atoms with van der Waals surface area (Å²) in [5.41, 5.74) is 6.70. The number of hydrogen-bond acceptors (Lipinski definition) is 3. The first-order valence-electron chi connectivity index (χ1n) is 5.87. The van der Waals surface area contributed by atoms with E-state index in [0.717, 1.165) is 6.42 Å². The van der Waals surface area contributed by atoms with Gasteiger partial charge in [-0.05, 0) is 49.9 Å². The number of nitrogens with one attached hydrogen (secondary N) is 1. The Morgan fingerprint density at radius 2 is 2.06 bits per heavy atom. The molecule has 0 unspecified atom stereocenters. The first-order valence-corrected chi connectivity index (χ1v) is 5.87. The molecule has 1 saturated carbocycles. The van der Waals surface area contributed by atoms with Crippen molar-refractivity contribution in [2.75, 3.05) is 5.32 Å². The van der Waals surface area contributed by atoms with Crippen LogP contribution in [0.4, 0.5) is 5.69 Å². The monoisotopic (exact) mass is 248 g/mol. The summed E-state index contributed by atoms with van der Waals surface area (Å²) in [5, 5.41) is 11.6. The zero-order chi connectivity index (χ0) is 13.3. The molecule has 2 rings (SSSR count). The summed E-state index contributed by atoms with van der Waals surface area (Å²) in [6.45, 7) is 1.76. The van der Waals surface area contributed by atoms with E-state index in [-0.39, 0.29) is 11.5 Å². The molecule has 1 aromatic carbocycles. The molecule has 5 nitrogen and oxygen atoms in total. The molecule has 96 valence electrons. The largest absolute Gasteiger partial charge is 0.478 e. The summed E-state index contributed by atoms with van der Waals surface area (Å²) in [6, 6.07) is 4.59. The quantitative estimate of drug-likeness (QED) is 0.756. The third kappa shape index (κ3) is 2.22. The number of hydrogen-bond donors (Lipinski definition) is 3. The van der Waals surface area contributed by atoms with Gasteiger partial charge in [0.05, 0.1) is 11.1 Å². The van der Waals surface area contributed by atoms with Crippen LogP contribution in [-0.2, 0) is 4.79 Å². The van der Waals surface area contributed by atoms with Gasteiger partial charge >= 0.3 is 5.97 Å². The van der Waals surface area contributed by atoms with Crippen LogP contribution in [0.3, 0.4) is 0 Å². The maximum Gasteiger partial charge on any atom is 0.335 e. The van der Waals surface area contributed by atoms with Gasteiger partial charge < -0.3 is 16.2 Å². The molecule has 0 radical (unpaired) electrons. The molecule has 0 saturated heterocycles. The Bertz CT molecular complexity index is 507. The topological polar surface area (TPSA) is 92.4 Å². The number of rotatable bonds is 3. The Balaban J connectivity index is 2.15. The molecular weight excluding hydrogens is 232 g/mol. The van der Waals surface area contributed by atoms with E-state index in [1.165, 1.54) is 12.1 Å². The van der Waals surface area contributed by atoms with E-state index in [2.05, 4.69) is 5.32 Å². The molecule has 0 bridgehead atoms. The highest BCUT2D eigenvalue weighted by Crippen LogP contribution is 2.30. The van der Waals surface area contributed by atoms with Gasteiger partial charge in [0, 0.05) is 5.69 Å². The second-order valence-corrected chi connectivity index (χ2v) is 4.80. The van der Waals surface area contributed by atoms with Gasteiger partial charge in [-0.2, -0.15) is 0 Å². The van der Waals surface area contributed by atoms with Gasteiger partial charge in [-0.15, -0.1) is 0 Å². The number of carbonyl (C=O) groups is 2. The zero-order valence-corrected chi connectivity index (χ0v) is 10.2. The average molecular weight is 248 g/mol. The minimum atomic E-state index is -0.981. The first kappa shape index (κ1) is 12.6. The van der Waals surface area contributed by atoms with Crippen LogP contribution in [0.2, 0.25) is 0 Å². The van der Waals surface area contributed by atoms with Gasteiger partial charge in [-0.3, -0.25) is 4.79 Å². The summed E-state index contributed by atoms with van der Waals surface area (Å²) < 4.78 is 0. The lowest BCUT2D eigenvalue weighted by molar-refractivity contribution is -0.123. The lowest BCUT2D eigenvalue weighted by Crippen LogP contribution is -2.56. The van der Waals surface area contributed by atoms with Gasteiger partial charge in [0.1, 0.15) is 0 Å². The summed E-state index contributed by atoms with van der Waals surface area (Å²) in [7, 11) is 0. The molecular formula is C13H16N2O3. The van der Waals surface area contributed by atoms with E-state index < -0.39 is 11.5 Å². The van der Waals surface area contributed by atoms with Gasteiger partial charge in [-0.25, -0.2) is 4.79 Å². The molecule has 1 amide bonds. The lowest BCUT2D eigenvalue weighted by Gasteiger charge is -2.36. The van der Waals surface area contributed by atoms with Crippen molar-refractivity contribution in [3.05, 3.63) is 29.3 Å². The maximum absolute atomic E-state index is 11.9. The Morgan fingerprint density at radius 1 is 1.39 bits per heavy atom. The highest BCUT2D eigenvalue weighted by atomic mass is 16.4. The number of aromatic carboxylic acids is 1. The molecule has 0 aliphatic heterocycles. The van der Waals surface area contributed by atoms with Crippen molar-refractivity contribution in [3.63, 3.8) is 0 Å². The summed E-state index contributed by atoms with van der Waals surface area (Å²) in [5.74, 6) is -1.18. The third-order valence-corrected chi connectivity index (χ3v) is 3.42. The molecule has 1 aliphatic rings. The van der Waals surface area contributed by atoms with E-state index in [1.54, 1.807) is 13.0 Å². The van der Waals surface area contributed by atoms with Crippen LogP contribution >= 0.6 is 0 Å². The maximum atomic E-state index is 11.9. The second-order valence-electron chi connectivity index (χ2n) is 4.80. The van der Waals surface area contributed by atoms with Crippen molar-refractivity contribution < 1.29 is 14.7 Å². The average Bonchev–Trinajstić information content (AvgIpc) is 2.28. The molecule has 0 atom stereocenters. The fourth-order valence-electron chi connectivity index (χ4n) is 1.97. The van der Waals surface area contributed by atoms with E-state index in [9.17, 15) is 9.59 Å². The Morgan fingerprint density at radius 3 is 2.50 bits per heavy atom. The van der Waals surface area contributed by atoms with Gasteiger partial charge in [0.15, 0.2) is 0 Å². The first-order chi connectivity index (χ1) is 8.42. The highest BCUT2D eigenvalue weighted by molar-refractivity contribution is 5.99. The van der Waals surface area contributed by atoms with Crippen molar-refractivity contribution in [1.82, 2.24) is 0 Å². The van der Waals surface area contributed by atoms with E-state index in [4.69, 9.17) is 10.8 Å². The molecule has 0 aromatic heterocycles. The fourth-order valence-corrected chi connectivity index (χ4v) is 1.97. The van der Waals surface area contributed by atoms with Crippen LogP contribution in [0.25, 0.3) is 0 Å². The van der Waals surface area contributed by atoms with Gasteiger partial charge in [-0.1, -0.05) is 0 Å². The van der Waals surface area contributed by atoms with E-state index in [1.807, 2.05) is 0 Å². The van der Waals surface area contributed by atoms with Crippen LogP contribution in [-0.4, -0.2) is 22.5 Å². The second kappa shape index (κ2) is 4.42. The number of amides is 1. The van der Waals surface area contributed by atoms with Crippen LogP contribution < -0.4 is 11.1 Å². The standard InChI is InChI=1S/C13H16N2O3/c1-8-7-9(11(16)17)3-4-10(8)15-12(18)13(14)5-2-6-13/h3-4,7H,2,5-6,14H2,1H3,(H,15,18)(H,16,17). The Kier molecular flexibility index (Phi) is 3.09. The molecule has 1 fully saturated rings. The number of carbonyl (C=O) groups excluding carboxylic acids is 1. The Labute approximate surface area is 105 Å². The number of aryl methyl sites for hydroxylation is 1. The molecule has 5 heteroatoms. The van der Waals surface area contributed by atoms with Crippen molar-refractivity contribution >= 4 is 17.6 Å².